The van der Waals surface area contributed by atoms with Gasteiger partial charge in [-0.3, -0.25) is 4.79 Å². The number of aromatic carboxylic acids is 1. The van der Waals surface area contributed by atoms with E-state index in [9.17, 15) is 14.7 Å². The first-order chi connectivity index (χ1) is 11.9. The second-order valence-corrected chi connectivity index (χ2v) is 5.49. The van der Waals surface area contributed by atoms with Gasteiger partial charge in [0.1, 0.15) is 0 Å². The minimum atomic E-state index is -1.19. The molecule has 0 radical (unpaired) electrons. The first-order valence-corrected chi connectivity index (χ1v) is 7.61. The summed E-state index contributed by atoms with van der Waals surface area (Å²) in [6, 6.07) is 2.72. The summed E-state index contributed by atoms with van der Waals surface area (Å²) in [5, 5.41) is 19.9. The van der Waals surface area contributed by atoms with Crippen molar-refractivity contribution < 1.29 is 24.2 Å². The number of carbonyl (C=O) groups is 2. The third kappa shape index (κ3) is 4.47. The summed E-state index contributed by atoms with van der Waals surface area (Å²) < 4.78 is 10.2. The maximum absolute atomic E-state index is 12.2. The second-order valence-electron chi connectivity index (χ2n) is 5.49. The summed E-state index contributed by atoms with van der Waals surface area (Å²) in [5.74, 6) is 1.58. The van der Waals surface area contributed by atoms with Crippen LogP contribution in [-0.4, -0.2) is 36.9 Å². The zero-order valence-corrected chi connectivity index (χ0v) is 14.0. The molecule has 1 aliphatic rings. The van der Waals surface area contributed by atoms with Crippen molar-refractivity contribution in [3.8, 4) is 23.8 Å². The number of carboxylic acids is 1. The molecule has 1 amide bonds. The van der Waals surface area contributed by atoms with E-state index in [-0.39, 0.29) is 29.3 Å². The van der Waals surface area contributed by atoms with Gasteiger partial charge in [0.15, 0.2) is 17.2 Å². The maximum Gasteiger partial charge on any atom is 0.337 e. The van der Waals surface area contributed by atoms with Gasteiger partial charge < -0.3 is 19.9 Å². The molecule has 0 saturated heterocycles. The highest BCUT2D eigenvalue weighted by molar-refractivity contribution is 6.01. The van der Waals surface area contributed by atoms with Crippen LogP contribution in [0.4, 0.5) is 5.69 Å². The molecular weight excluding hydrogens is 326 g/mol. The van der Waals surface area contributed by atoms with E-state index in [1.165, 1.54) is 26.4 Å². The topological polar surface area (TPSA) is 110 Å². The van der Waals surface area contributed by atoms with Crippen molar-refractivity contribution in [2.45, 2.75) is 31.3 Å². The fraction of sp³-hybridized carbons (Fsp3) is 0.412. The van der Waals surface area contributed by atoms with E-state index in [0.29, 0.717) is 25.0 Å². The number of amides is 1. The predicted octanol–water partition coefficient (Wildman–Crippen LogP) is 2.70. The van der Waals surface area contributed by atoms with Gasteiger partial charge in [0.05, 0.1) is 25.5 Å². The van der Waals surface area contributed by atoms with Gasteiger partial charge in [-0.25, -0.2) is 4.79 Å². The van der Waals surface area contributed by atoms with Gasteiger partial charge in [0.25, 0.3) is 0 Å². The average molecular weight is 345 g/mol. The normalized spacial score (nSPS) is 13.6. The summed E-state index contributed by atoms with van der Waals surface area (Å²) in [7, 11) is 2.83. The highest BCUT2D eigenvalue weighted by atomic mass is 16.5. The minimum absolute atomic E-state index is 0.0890. The number of rotatable bonds is 9. The molecule has 0 unspecified atom stereocenters. The van der Waals surface area contributed by atoms with Gasteiger partial charge in [-0.15, -0.1) is 12.3 Å². The van der Waals surface area contributed by atoms with Crippen LogP contribution in [0, 0.1) is 12.3 Å². The van der Waals surface area contributed by atoms with Gasteiger partial charge >= 0.3 is 5.97 Å². The number of carbonyl (C=O) groups excluding carboxylic acids is 1. The smallest absolute Gasteiger partial charge is 0.337 e. The lowest BCUT2D eigenvalue weighted by Gasteiger charge is -2.14. The minimum Gasteiger partial charge on any atom is -0.493 e. The molecule has 0 aliphatic carbocycles. The molecule has 0 bridgehead atoms. The number of benzene rings is 1. The lowest BCUT2D eigenvalue weighted by atomic mass is 10.0. The van der Waals surface area contributed by atoms with Crippen LogP contribution in [0.25, 0.3) is 0 Å². The average Bonchev–Trinajstić information content (AvgIpc) is 3.38. The van der Waals surface area contributed by atoms with Crippen LogP contribution in [0.2, 0.25) is 0 Å². The Morgan fingerprint density at radius 1 is 1.24 bits per heavy atom. The molecular formula is C17H19N3O5. The van der Waals surface area contributed by atoms with Crippen LogP contribution in [0.5, 0.6) is 11.5 Å². The van der Waals surface area contributed by atoms with Crippen molar-refractivity contribution in [2.75, 3.05) is 19.5 Å². The zero-order valence-electron chi connectivity index (χ0n) is 14.0. The summed E-state index contributed by atoms with van der Waals surface area (Å²) in [5.41, 5.74) is -0.511. The number of nitrogens with one attached hydrogen (secondary N) is 1. The predicted molar refractivity (Wildman–Crippen MR) is 90.0 cm³/mol. The fourth-order valence-electron chi connectivity index (χ4n) is 2.35. The van der Waals surface area contributed by atoms with Crippen LogP contribution >= 0.6 is 0 Å². The number of carboxylic acid groups (broad SMARTS) is 1. The number of anilines is 1. The molecule has 1 aliphatic heterocycles. The Kier molecular flexibility index (Phi) is 5.60. The molecule has 2 N–H and O–H groups in total. The molecule has 0 spiro atoms. The van der Waals surface area contributed by atoms with E-state index in [1.54, 1.807) is 0 Å². The molecule has 8 nitrogen and oxygen atoms in total. The van der Waals surface area contributed by atoms with Gasteiger partial charge in [0.2, 0.25) is 5.91 Å². The van der Waals surface area contributed by atoms with Crippen LogP contribution in [0.3, 0.4) is 0 Å². The Bertz CT molecular complexity index is 745. The van der Waals surface area contributed by atoms with E-state index >= 15 is 0 Å². The van der Waals surface area contributed by atoms with Gasteiger partial charge in [-0.1, -0.05) is 0 Å². The van der Waals surface area contributed by atoms with Crippen molar-refractivity contribution in [2.24, 2.45) is 10.2 Å². The molecule has 8 heteroatoms. The van der Waals surface area contributed by atoms with Gasteiger partial charge in [-0.2, -0.15) is 10.2 Å². The summed E-state index contributed by atoms with van der Waals surface area (Å²) in [4.78, 5) is 23.6. The number of methoxy groups -OCH3 is 2. The van der Waals surface area contributed by atoms with E-state index in [4.69, 9.17) is 15.9 Å². The Labute approximate surface area is 145 Å². The van der Waals surface area contributed by atoms with Crippen LogP contribution in [0.1, 0.15) is 36.0 Å². The Balaban J connectivity index is 2.07. The van der Waals surface area contributed by atoms with Crippen molar-refractivity contribution in [1.82, 2.24) is 0 Å². The molecule has 1 aromatic rings. The van der Waals surface area contributed by atoms with Crippen molar-refractivity contribution >= 4 is 17.6 Å². The lowest BCUT2D eigenvalue weighted by Crippen LogP contribution is -2.19. The standard InChI is InChI=1S/C17H19N3O5/c1-4-5-7-17(19-20-17)8-6-15(21)18-12-10-14(25-3)13(24-2)9-11(12)16(22)23/h1,9-10H,5-8H2,2-3H3,(H,18,21)(H,22,23). The SMILES string of the molecule is C#CCCC1(CCC(=O)Nc2cc(OC)c(OC)cc2C(=O)O)N=N1. The first-order valence-electron chi connectivity index (χ1n) is 7.61. The monoisotopic (exact) mass is 345 g/mol. The van der Waals surface area contributed by atoms with Gasteiger partial charge in [0, 0.05) is 37.8 Å². The summed E-state index contributed by atoms with van der Waals surface area (Å²) >= 11 is 0. The van der Waals surface area contributed by atoms with E-state index < -0.39 is 11.6 Å². The van der Waals surface area contributed by atoms with Crippen LogP contribution in [0.15, 0.2) is 22.4 Å². The van der Waals surface area contributed by atoms with E-state index in [2.05, 4.69) is 21.5 Å². The lowest BCUT2D eigenvalue weighted by molar-refractivity contribution is -0.116. The molecule has 2 rings (SSSR count). The fourth-order valence-corrected chi connectivity index (χ4v) is 2.35. The number of hydrogen-bond acceptors (Lipinski definition) is 6. The molecule has 132 valence electrons. The van der Waals surface area contributed by atoms with E-state index in [1.807, 2.05) is 0 Å². The quantitative estimate of drug-likeness (QED) is 0.669. The molecule has 0 aromatic heterocycles. The highest BCUT2D eigenvalue weighted by Crippen LogP contribution is 2.38. The van der Waals surface area contributed by atoms with Crippen LogP contribution in [-0.2, 0) is 4.79 Å². The molecule has 1 aromatic carbocycles. The zero-order chi connectivity index (χ0) is 18.4. The number of hydrogen-bond donors (Lipinski definition) is 2. The molecule has 0 fully saturated rings. The van der Waals surface area contributed by atoms with Gasteiger partial charge in [-0.05, 0) is 0 Å². The molecule has 25 heavy (non-hydrogen) atoms. The summed E-state index contributed by atoms with van der Waals surface area (Å²) in [6.45, 7) is 0. The van der Waals surface area contributed by atoms with Crippen molar-refractivity contribution in [3.05, 3.63) is 17.7 Å². The Morgan fingerprint density at radius 3 is 2.40 bits per heavy atom. The summed E-state index contributed by atoms with van der Waals surface area (Å²) in [6.07, 6.45) is 6.94. The maximum atomic E-state index is 12.2. The third-order valence-electron chi connectivity index (χ3n) is 3.83. The molecule has 1 heterocycles. The van der Waals surface area contributed by atoms with Crippen molar-refractivity contribution in [3.63, 3.8) is 0 Å². The third-order valence-corrected chi connectivity index (χ3v) is 3.83. The number of ether oxygens (including phenoxy) is 2. The number of nitrogens with zero attached hydrogens (tertiary/aromatic N) is 2. The largest absolute Gasteiger partial charge is 0.493 e. The van der Waals surface area contributed by atoms with Crippen LogP contribution < -0.4 is 14.8 Å². The highest BCUT2D eigenvalue weighted by Gasteiger charge is 2.39. The number of terminal acetylenes is 1. The molecule has 0 saturated carbocycles. The molecule has 0 atom stereocenters. The first kappa shape index (κ1) is 18.3. The second kappa shape index (κ2) is 7.66. The van der Waals surface area contributed by atoms with Crippen molar-refractivity contribution in [1.29, 1.82) is 0 Å². The Hall–Kier alpha value is -3.08. The van der Waals surface area contributed by atoms with E-state index in [0.717, 1.165) is 0 Å². The Morgan fingerprint density at radius 2 is 1.88 bits per heavy atom.